The number of carbonyl (C=O) groups excluding carboxylic acids is 3. The van der Waals surface area contributed by atoms with E-state index in [1.54, 1.807) is 13.8 Å². The zero-order valence-electron chi connectivity index (χ0n) is 12.7. The van der Waals surface area contributed by atoms with E-state index in [1.165, 1.54) is 13.8 Å². The molecule has 6 heteroatoms. The molecule has 1 aromatic rings. The van der Waals surface area contributed by atoms with Gasteiger partial charge in [0.15, 0.2) is 11.9 Å². The number of amides is 1. The number of ketones is 1. The molecule has 21 heavy (non-hydrogen) atoms. The summed E-state index contributed by atoms with van der Waals surface area (Å²) in [5.74, 6) is -1.03. The maximum atomic E-state index is 12.1. The van der Waals surface area contributed by atoms with Crippen LogP contribution in [-0.2, 0) is 9.53 Å². The van der Waals surface area contributed by atoms with Gasteiger partial charge in [0, 0.05) is 17.3 Å². The normalized spacial score (nSPS) is 15.4. The first kappa shape index (κ1) is 15.3. The average Bonchev–Trinajstić information content (AvgIpc) is 3.13. The Morgan fingerprint density at radius 1 is 1.29 bits per heavy atom. The molecule has 2 N–H and O–H groups in total. The number of Topliss-reactive ketones (excluding diaryl/α,β-unsaturated/α-hetero) is 1. The van der Waals surface area contributed by atoms with Crippen LogP contribution in [0.3, 0.4) is 0 Å². The van der Waals surface area contributed by atoms with Crippen LogP contribution >= 0.6 is 0 Å². The molecule has 1 fully saturated rings. The van der Waals surface area contributed by atoms with Gasteiger partial charge in [0.1, 0.15) is 5.69 Å². The fourth-order valence-electron chi connectivity index (χ4n) is 2.30. The number of aromatic nitrogens is 1. The van der Waals surface area contributed by atoms with Gasteiger partial charge in [0.25, 0.3) is 5.91 Å². The summed E-state index contributed by atoms with van der Waals surface area (Å²) in [5.41, 5.74) is 1.91. The SMILES string of the molecule is CC(=O)c1c(C)[nH]c(C(=O)O[C@@H](C)C(=O)NC2CC2)c1C. The molecule has 0 radical (unpaired) electrons. The molecule has 0 aliphatic heterocycles. The van der Waals surface area contributed by atoms with Crippen LogP contribution in [0, 0.1) is 13.8 Å². The lowest BCUT2D eigenvalue weighted by atomic mass is 10.1. The molecule has 0 aromatic carbocycles. The van der Waals surface area contributed by atoms with Gasteiger partial charge in [-0.1, -0.05) is 0 Å². The number of nitrogens with one attached hydrogen (secondary N) is 2. The lowest BCUT2D eigenvalue weighted by Crippen LogP contribution is -2.37. The number of aromatic amines is 1. The van der Waals surface area contributed by atoms with Crippen LogP contribution in [0.1, 0.15) is 58.8 Å². The van der Waals surface area contributed by atoms with Crippen molar-refractivity contribution in [3.05, 3.63) is 22.5 Å². The minimum absolute atomic E-state index is 0.111. The van der Waals surface area contributed by atoms with Crippen LogP contribution < -0.4 is 5.32 Å². The highest BCUT2D eigenvalue weighted by atomic mass is 16.5. The van der Waals surface area contributed by atoms with Crippen molar-refractivity contribution in [1.29, 1.82) is 0 Å². The smallest absolute Gasteiger partial charge is 0.355 e. The molecule has 1 heterocycles. The van der Waals surface area contributed by atoms with E-state index in [2.05, 4.69) is 10.3 Å². The van der Waals surface area contributed by atoms with Gasteiger partial charge in [-0.2, -0.15) is 0 Å². The number of rotatable bonds is 5. The number of ether oxygens (including phenoxy) is 1. The Hall–Kier alpha value is -2.11. The largest absolute Gasteiger partial charge is 0.448 e. The van der Waals surface area contributed by atoms with Gasteiger partial charge in [-0.05, 0) is 46.1 Å². The summed E-state index contributed by atoms with van der Waals surface area (Å²) in [6, 6.07) is 0.220. The fraction of sp³-hybridized carbons (Fsp3) is 0.533. The highest BCUT2D eigenvalue weighted by Gasteiger charge is 2.28. The van der Waals surface area contributed by atoms with Gasteiger partial charge < -0.3 is 15.0 Å². The topological polar surface area (TPSA) is 88.3 Å². The molecule has 1 amide bonds. The molecule has 0 spiro atoms. The van der Waals surface area contributed by atoms with Crippen LogP contribution in [0.2, 0.25) is 0 Å². The lowest BCUT2D eigenvalue weighted by Gasteiger charge is -2.12. The summed E-state index contributed by atoms with van der Waals surface area (Å²) in [6.07, 6.45) is 1.09. The second-order valence-corrected chi connectivity index (χ2v) is 5.51. The molecular formula is C15H20N2O4. The first-order chi connectivity index (χ1) is 9.81. The Morgan fingerprint density at radius 2 is 1.90 bits per heavy atom. The maximum absolute atomic E-state index is 12.1. The third-order valence-corrected chi connectivity index (χ3v) is 3.57. The fourth-order valence-corrected chi connectivity index (χ4v) is 2.30. The average molecular weight is 292 g/mol. The van der Waals surface area contributed by atoms with E-state index in [1.807, 2.05) is 0 Å². The molecule has 0 saturated heterocycles. The second-order valence-electron chi connectivity index (χ2n) is 5.51. The lowest BCUT2D eigenvalue weighted by molar-refractivity contribution is -0.129. The van der Waals surface area contributed by atoms with Gasteiger partial charge >= 0.3 is 5.97 Å². The summed E-state index contributed by atoms with van der Waals surface area (Å²) in [6.45, 7) is 6.39. The van der Waals surface area contributed by atoms with E-state index in [0.717, 1.165) is 12.8 Å². The molecule has 0 bridgehead atoms. The molecule has 1 aliphatic rings. The number of esters is 1. The van der Waals surface area contributed by atoms with E-state index in [9.17, 15) is 14.4 Å². The number of hydrogen-bond acceptors (Lipinski definition) is 4. The van der Waals surface area contributed by atoms with E-state index in [-0.39, 0.29) is 23.4 Å². The van der Waals surface area contributed by atoms with Gasteiger partial charge in [0.05, 0.1) is 0 Å². The van der Waals surface area contributed by atoms with Crippen molar-refractivity contribution in [3.8, 4) is 0 Å². The van der Waals surface area contributed by atoms with Crippen molar-refractivity contribution in [2.45, 2.75) is 52.7 Å². The summed E-state index contributed by atoms with van der Waals surface area (Å²) < 4.78 is 5.16. The minimum Gasteiger partial charge on any atom is -0.448 e. The van der Waals surface area contributed by atoms with Crippen LogP contribution in [0.15, 0.2) is 0 Å². The first-order valence-corrected chi connectivity index (χ1v) is 7.02. The van der Waals surface area contributed by atoms with E-state index in [0.29, 0.717) is 16.8 Å². The summed E-state index contributed by atoms with van der Waals surface area (Å²) in [4.78, 5) is 38.3. The van der Waals surface area contributed by atoms with Crippen LogP contribution in [-0.4, -0.2) is 34.8 Å². The monoisotopic (exact) mass is 292 g/mol. The zero-order valence-corrected chi connectivity index (χ0v) is 12.7. The van der Waals surface area contributed by atoms with E-state index in [4.69, 9.17) is 4.74 Å². The molecule has 6 nitrogen and oxygen atoms in total. The van der Waals surface area contributed by atoms with Crippen LogP contribution in [0.4, 0.5) is 0 Å². The minimum atomic E-state index is -0.859. The Kier molecular flexibility index (Phi) is 4.16. The molecule has 2 rings (SSSR count). The summed E-state index contributed by atoms with van der Waals surface area (Å²) >= 11 is 0. The zero-order chi connectivity index (χ0) is 15.7. The number of hydrogen-bond donors (Lipinski definition) is 2. The third kappa shape index (κ3) is 3.32. The number of H-pyrrole nitrogens is 1. The molecule has 1 atom stereocenters. The number of carbonyl (C=O) groups is 3. The summed E-state index contributed by atoms with van der Waals surface area (Å²) in [5, 5.41) is 2.78. The third-order valence-electron chi connectivity index (χ3n) is 3.57. The highest BCUT2D eigenvalue weighted by molar-refractivity contribution is 6.01. The van der Waals surface area contributed by atoms with Crippen LogP contribution in [0.25, 0.3) is 0 Å². The summed E-state index contributed by atoms with van der Waals surface area (Å²) in [7, 11) is 0. The van der Waals surface area contributed by atoms with Crippen molar-refractivity contribution in [1.82, 2.24) is 10.3 Å². The van der Waals surface area contributed by atoms with Crippen LogP contribution in [0.5, 0.6) is 0 Å². The molecule has 1 aliphatic carbocycles. The van der Waals surface area contributed by atoms with Crippen molar-refractivity contribution in [3.63, 3.8) is 0 Å². The molecule has 0 unspecified atom stereocenters. The van der Waals surface area contributed by atoms with Gasteiger partial charge in [-0.3, -0.25) is 9.59 Å². The standard InChI is InChI=1S/C15H20N2O4/c1-7-12(9(3)18)8(2)16-13(7)15(20)21-10(4)14(19)17-11-5-6-11/h10-11,16H,5-6H2,1-4H3,(H,17,19)/t10-/m0/s1. The second kappa shape index (κ2) is 5.71. The molecule has 1 aromatic heterocycles. The highest BCUT2D eigenvalue weighted by Crippen LogP contribution is 2.21. The quantitative estimate of drug-likeness (QED) is 0.638. The Bertz CT molecular complexity index is 599. The van der Waals surface area contributed by atoms with Gasteiger partial charge in [-0.15, -0.1) is 0 Å². The van der Waals surface area contributed by atoms with Crippen molar-refractivity contribution >= 4 is 17.7 Å². The van der Waals surface area contributed by atoms with Gasteiger partial charge in [-0.25, -0.2) is 4.79 Å². The van der Waals surface area contributed by atoms with E-state index < -0.39 is 12.1 Å². The van der Waals surface area contributed by atoms with Gasteiger partial charge in [0.2, 0.25) is 0 Å². The first-order valence-electron chi connectivity index (χ1n) is 7.02. The molecule has 1 saturated carbocycles. The Labute approximate surface area is 123 Å². The molecular weight excluding hydrogens is 272 g/mol. The van der Waals surface area contributed by atoms with Crippen molar-refractivity contribution < 1.29 is 19.1 Å². The van der Waals surface area contributed by atoms with Crippen molar-refractivity contribution in [2.24, 2.45) is 0 Å². The predicted molar refractivity (Wildman–Crippen MR) is 76.3 cm³/mol. The van der Waals surface area contributed by atoms with Crippen molar-refractivity contribution in [2.75, 3.05) is 0 Å². The van der Waals surface area contributed by atoms with E-state index >= 15 is 0 Å². The predicted octanol–water partition coefficient (Wildman–Crippen LogP) is 1.66. The molecule has 114 valence electrons. The Balaban J connectivity index is 2.07. The Morgan fingerprint density at radius 3 is 2.38 bits per heavy atom. The number of aryl methyl sites for hydroxylation is 1. The maximum Gasteiger partial charge on any atom is 0.355 e.